The quantitative estimate of drug-likeness (QED) is 0.285. The molecular formula is C26H54O7. The van der Waals surface area contributed by atoms with Gasteiger partial charge >= 0.3 is 0 Å². The van der Waals surface area contributed by atoms with E-state index in [1.165, 1.54) is 83.5 Å². The van der Waals surface area contributed by atoms with E-state index in [0.717, 1.165) is 13.0 Å². The van der Waals surface area contributed by atoms with Gasteiger partial charge in [0.1, 0.15) is 0 Å². The van der Waals surface area contributed by atoms with Crippen molar-refractivity contribution in [3.8, 4) is 0 Å². The lowest BCUT2D eigenvalue weighted by Crippen LogP contribution is -2.25. The molecular weight excluding hydrogens is 424 g/mol. The molecule has 2 saturated carbocycles. The van der Waals surface area contributed by atoms with Crippen LogP contribution in [0.5, 0.6) is 0 Å². The zero-order valence-corrected chi connectivity index (χ0v) is 21.4. The van der Waals surface area contributed by atoms with Gasteiger partial charge in [0, 0.05) is 6.61 Å². The van der Waals surface area contributed by atoms with Crippen molar-refractivity contribution in [2.45, 2.75) is 109 Å². The Morgan fingerprint density at radius 2 is 0.939 bits per heavy atom. The topological polar surface area (TPSA) is 97.6 Å². The molecule has 0 heterocycles. The van der Waals surface area contributed by atoms with Gasteiger partial charge in [0.05, 0.1) is 65.1 Å². The highest BCUT2D eigenvalue weighted by Crippen LogP contribution is 2.26. The van der Waals surface area contributed by atoms with Crippen LogP contribution >= 0.6 is 0 Å². The molecule has 7 nitrogen and oxygen atoms in total. The average molecular weight is 479 g/mol. The molecule has 2 rings (SSSR count). The molecule has 2 fully saturated rings. The summed E-state index contributed by atoms with van der Waals surface area (Å²) < 4.78 is 21.1. The Hall–Kier alpha value is -0.280. The monoisotopic (exact) mass is 478 g/mol. The van der Waals surface area contributed by atoms with E-state index in [4.69, 9.17) is 29.5 Å². The maximum atomic E-state index is 8.40. The Morgan fingerprint density at radius 1 is 0.515 bits per heavy atom. The SMILES string of the molecule is C1CCC(OC2CCCCC2)CC1.CCCCCCOCCOCCO.OCCOCCO. The molecule has 200 valence electrons. The molecule has 0 saturated heterocycles. The van der Waals surface area contributed by atoms with Gasteiger partial charge < -0.3 is 34.3 Å². The van der Waals surface area contributed by atoms with Crippen molar-refractivity contribution in [3.05, 3.63) is 0 Å². The van der Waals surface area contributed by atoms with Crippen molar-refractivity contribution in [1.82, 2.24) is 0 Å². The highest BCUT2D eigenvalue weighted by molar-refractivity contribution is 4.71. The van der Waals surface area contributed by atoms with Crippen LogP contribution in [0, 0.1) is 0 Å². The van der Waals surface area contributed by atoms with E-state index >= 15 is 0 Å². The Balaban J connectivity index is 0.000000490. The molecule has 0 unspecified atom stereocenters. The third-order valence-electron chi connectivity index (χ3n) is 5.71. The predicted octanol–water partition coefficient (Wildman–Crippen LogP) is 4.25. The van der Waals surface area contributed by atoms with Crippen molar-refractivity contribution >= 4 is 0 Å². The summed E-state index contributed by atoms with van der Waals surface area (Å²) in [4.78, 5) is 0. The second-order valence-corrected chi connectivity index (χ2v) is 8.72. The Labute approximate surface area is 203 Å². The maximum Gasteiger partial charge on any atom is 0.0701 e. The largest absolute Gasteiger partial charge is 0.394 e. The van der Waals surface area contributed by atoms with Crippen molar-refractivity contribution in [2.24, 2.45) is 0 Å². The van der Waals surface area contributed by atoms with Gasteiger partial charge in [-0.1, -0.05) is 64.7 Å². The smallest absolute Gasteiger partial charge is 0.0701 e. The molecule has 7 heteroatoms. The summed E-state index contributed by atoms with van der Waals surface area (Å²) in [7, 11) is 0. The molecule has 0 radical (unpaired) electrons. The fourth-order valence-electron chi connectivity index (χ4n) is 3.92. The van der Waals surface area contributed by atoms with Crippen LogP contribution in [-0.2, 0) is 18.9 Å². The molecule has 0 atom stereocenters. The van der Waals surface area contributed by atoms with Gasteiger partial charge in [-0.2, -0.15) is 0 Å². The summed E-state index contributed by atoms with van der Waals surface area (Å²) in [6.07, 6.45) is 20.0. The van der Waals surface area contributed by atoms with Gasteiger partial charge in [0.2, 0.25) is 0 Å². The van der Waals surface area contributed by atoms with Gasteiger partial charge in [-0.25, -0.2) is 0 Å². The second kappa shape index (κ2) is 28.0. The number of ether oxygens (including phenoxy) is 4. The third kappa shape index (κ3) is 24.6. The number of hydrogen-bond donors (Lipinski definition) is 3. The van der Waals surface area contributed by atoms with E-state index in [9.17, 15) is 0 Å². The van der Waals surface area contributed by atoms with Crippen molar-refractivity contribution in [2.75, 3.05) is 59.5 Å². The minimum absolute atomic E-state index is 0.0278. The molecule has 2 aliphatic carbocycles. The predicted molar refractivity (Wildman–Crippen MR) is 133 cm³/mol. The second-order valence-electron chi connectivity index (χ2n) is 8.72. The fourth-order valence-corrected chi connectivity index (χ4v) is 3.92. The first-order valence-electron chi connectivity index (χ1n) is 13.5. The molecule has 33 heavy (non-hydrogen) atoms. The van der Waals surface area contributed by atoms with E-state index in [-0.39, 0.29) is 19.8 Å². The lowest BCUT2D eigenvalue weighted by Gasteiger charge is -2.29. The van der Waals surface area contributed by atoms with Gasteiger partial charge in [-0.3, -0.25) is 0 Å². The van der Waals surface area contributed by atoms with E-state index in [1.54, 1.807) is 0 Å². The minimum atomic E-state index is 0.0278. The first-order chi connectivity index (χ1) is 16.3. The molecule has 0 aliphatic heterocycles. The molecule has 0 bridgehead atoms. The van der Waals surface area contributed by atoms with Crippen LogP contribution in [0.3, 0.4) is 0 Å². The van der Waals surface area contributed by atoms with E-state index in [1.807, 2.05) is 0 Å². The summed E-state index contributed by atoms with van der Waals surface area (Å²) in [5.74, 6) is 0. The van der Waals surface area contributed by atoms with Crippen molar-refractivity contribution in [3.63, 3.8) is 0 Å². The number of unbranched alkanes of at least 4 members (excludes halogenated alkanes) is 3. The van der Waals surface area contributed by atoms with Crippen LogP contribution in [0.1, 0.15) is 96.8 Å². The molecule has 0 aromatic carbocycles. The van der Waals surface area contributed by atoms with Crippen LogP contribution in [0.2, 0.25) is 0 Å². The number of aliphatic hydroxyl groups excluding tert-OH is 3. The van der Waals surface area contributed by atoms with E-state index in [0.29, 0.717) is 45.2 Å². The fraction of sp³-hybridized carbons (Fsp3) is 1.00. The Bertz CT molecular complexity index is 316. The normalized spacial score (nSPS) is 17.1. The molecule has 0 aromatic rings. The third-order valence-corrected chi connectivity index (χ3v) is 5.71. The molecule has 0 aromatic heterocycles. The number of aliphatic hydroxyl groups is 3. The maximum absolute atomic E-state index is 8.40. The summed E-state index contributed by atoms with van der Waals surface area (Å²) >= 11 is 0. The first-order valence-corrected chi connectivity index (χ1v) is 13.5. The Morgan fingerprint density at radius 3 is 1.36 bits per heavy atom. The highest BCUT2D eigenvalue weighted by atomic mass is 16.5. The van der Waals surface area contributed by atoms with Crippen LogP contribution in [-0.4, -0.2) is 87.0 Å². The van der Waals surface area contributed by atoms with E-state index < -0.39 is 0 Å². The molecule has 2 aliphatic rings. The summed E-state index contributed by atoms with van der Waals surface area (Å²) in [6.45, 7) is 5.48. The minimum Gasteiger partial charge on any atom is -0.394 e. The van der Waals surface area contributed by atoms with Crippen LogP contribution < -0.4 is 0 Å². The first kappa shape index (κ1) is 32.7. The van der Waals surface area contributed by atoms with Gasteiger partial charge in [-0.05, 0) is 32.1 Å². The zero-order chi connectivity index (χ0) is 24.2. The summed E-state index contributed by atoms with van der Waals surface area (Å²) in [5, 5.41) is 24.6. The molecule has 3 N–H and O–H groups in total. The van der Waals surface area contributed by atoms with Gasteiger partial charge in [-0.15, -0.1) is 0 Å². The van der Waals surface area contributed by atoms with Gasteiger partial charge in [0.15, 0.2) is 0 Å². The average Bonchev–Trinajstić information content (AvgIpc) is 2.86. The number of rotatable bonds is 16. The van der Waals surface area contributed by atoms with Gasteiger partial charge in [0.25, 0.3) is 0 Å². The van der Waals surface area contributed by atoms with Crippen molar-refractivity contribution in [1.29, 1.82) is 0 Å². The standard InChI is InChI=1S/C12H22O.C10H22O3.C4H10O3/c1-3-7-11(8-4-1)13-12-9-5-2-6-10-12;1-2-3-4-5-7-12-9-10-13-8-6-11;5-1-3-7-4-2-6/h11-12H,1-10H2;11H,2-10H2,1H3;5-6H,1-4H2. The molecule has 0 amide bonds. The summed E-state index contributed by atoms with van der Waals surface area (Å²) in [5.41, 5.74) is 0. The van der Waals surface area contributed by atoms with Crippen molar-refractivity contribution < 1.29 is 34.3 Å². The van der Waals surface area contributed by atoms with Crippen LogP contribution in [0.4, 0.5) is 0 Å². The van der Waals surface area contributed by atoms with Crippen LogP contribution in [0.15, 0.2) is 0 Å². The Kier molecular flexibility index (Phi) is 27.7. The molecule has 0 spiro atoms. The van der Waals surface area contributed by atoms with E-state index in [2.05, 4.69) is 11.7 Å². The van der Waals surface area contributed by atoms with Crippen LogP contribution in [0.25, 0.3) is 0 Å². The zero-order valence-electron chi connectivity index (χ0n) is 21.4. The lowest BCUT2D eigenvalue weighted by molar-refractivity contribution is -0.0450. The summed E-state index contributed by atoms with van der Waals surface area (Å²) in [6, 6.07) is 0. The lowest BCUT2D eigenvalue weighted by atomic mass is 9.95. The highest BCUT2D eigenvalue weighted by Gasteiger charge is 2.20. The number of hydrogen-bond acceptors (Lipinski definition) is 7.